The fourth-order valence-corrected chi connectivity index (χ4v) is 4.40. The minimum absolute atomic E-state index is 0. The van der Waals surface area contributed by atoms with Gasteiger partial charge in [0.05, 0.1) is 5.01 Å². The largest absolute Gasteiger partial charge is 0.314 e. The van der Waals surface area contributed by atoms with E-state index in [-0.39, 0.29) is 12.4 Å². The Balaban J connectivity index is 0.00000156. The van der Waals surface area contributed by atoms with Crippen LogP contribution in [0.25, 0.3) is 0 Å². The second-order valence-corrected chi connectivity index (χ2v) is 7.41. The number of hydrogen-bond acceptors (Lipinski definition) is 5. The highest BCUT2D eigenvalue weighted by molar-refractivity contribution is 7.11. The Labute approximate surface area is 147 Å². The van der Waals surface area contributed by atoms with Crippen LogP contribution in [-0.4, -0.2) is 34.5 Å². The molecule has 124 valence electrons. The fraction of sp³-hybridized carbons (Fsp3) is 0.529. The topological polar surface area (TPSA) is 41.0 Å². The van der Waals surface area contributed by atoms with Crippen LogP contribution in [0, 0.1) is 0 Å². The molecule has 0 spiro atoms. The molecule has 0 aromatic carbocycles. The summed E-state index contributed by atoms with van der Waals surface area (Å²) in [6.45, 7) is 4.18. The van der Waals surface area contributed by atoms with Gasteiger partial charge < -0.3 is 5.32 Å². The number of halogens is 1. The lowest BCUT2D eigenvalue weighted by Crippen LogP contribution is -2.45. The number of rotatable bonds is 4. The zero-order valence-electron chi connectivity index (χ0n) is 13.1. The van der Waals surface area contributed by atoms with E-state index in [1.165, 1.54) is 34.7 Å². The Bertz CT molecular complexity index is 614. The molecule has 3 heterocycles. The van der Waals surface area contributed by atoms with Gasteiger partial charge in [-0.2, -0.15) is 0 Å². The number of piperazine rings is 1. The summed E-state index contributed by atoms with van der Waals surface area (Å²) in [6, 6.07) is 4.71. The average Bonchev–Trinajstić information content (AvgIpc) is 2.95. The van der Waals surface area contributed by atoms with Crippen molar-refractivity contribution >= 4 is 23.7 Å². The van der Waals surface area contributed by atoms with Crippen molar-refractivity contribution in [1.29, 1.82) is 0 Å². The van der Waals surface area contributed by atoms with E-state index in [2.05, 4.69) is 38.5 Å². The molecule has 1 saturated carbocycles. The molecule has 1 saturated heterocycles. The number of nitrogens with one attached hydrogen (secondary N) is 1. The summed E-state index contributed by atoms with van der Waals surface area (Å²) in [5, 5.41) is 4.87. The van der Waals surface area contributed by atoms with Gasteiger partial charge in [0.15, 0.2) is 0 Å². The van der Waals surface area contributed by atoms with Gasteiger partial charge in [0.1, 0.15) is 0 Å². The molecule has 2 aromatic heterocycles. The van der Waals surface area contributed by atoms with E-state index in [0.717, 1.165) is 32.1 Å². The molecular formula is C17H23ClN4S. The van der Waals surface area contributed by atoms with E-state index < -0.39 is 0 Å². The van der Waals surface area contributed by atoms with Crippen LogP contribution in [0.4, 0.5) is 0 Å². The van der Waals surface area contributed by atoms with Gasteiger partial charge in [-0.3, -0.25) is 9.88 Å². The first-order chi connectivity index (χ1) is 10.9. The molecular weight excluding hydrogens is 328 g/mol. The van der Waals surface area contributed by atoms with Crippen molar-refractivity contribution < 1.29 is 0 Å². The first-order valence-electron chi connectivity index (χ1n) is 8.19. The highest BCUT2D eigenvalue weighted by atomic mass is 35.5. The minimum Gasteiger partial charge on any atom is -0.314 e. The van der Waals surface area contributed by atoms with Gasteiger partial charge in [-0.1, -0.05) is 6.42 Å². The van der Waals surface area contributed by atoms with E-state index in [4.69, 9.17) is 0 Å². The molecule has 2 aliphatic rings. The standard InChI is InChI=1S/C17H22N4S.ClH/c1-2-14(3-1)17-20-10-15(22-17)12-21-9-8-19-11-16(21)13-4-6-18-7-5-13;/h4-7,10,14,16,19H,1-3,8-9,11-12H2;1H. The fourth-order valence-electron chi connectivity index (χ4n) is 3.29. The molecule has 0 radical (unpaired) electrons. The van der Waals surface area contributed by atoms with Crippen LogP contribution in [-0.2, 0) is 6.54 Å². The van der Waals surface area contributed by atoms with Gasteiger partial charge >= 0.3 is 0 Å². The molecule has 1 unspecified atom stereocenters. The first kappa shape index (κ1) is 16.8. The number of pyridine rings is 1. The quantitative estimate of drug-likeness (QED) is 0.917. The van der Waals surface area contributed by atoms with Crippen molar-refractivity contribution in [1.82, 2.24) is 20.2 Å². The van der Waals surface area contributed by atoms with Crippen LogP contribution in [0.2, 0.25) is 0 Å². The molecule has 1 atom stereocenters. The van der Waals surface area contributed by atoms with Crippen molar-refractivity contribution in [3.05, 3.63) is 46.2 Å². The lowest BCUT2D eigenvalue weighted by molar-refractivity contribution is 0.155. The third-order valence-corrected chi connectivity index (χ3v) is 5.97. The summed E-state index contributed by atoms with van der Waals surface area (Å²) in [5.74, 6) is 0.748. The Kier molecular flexibility index (Phi) is 5.64. The lowest BCUT2D eigenvalue weighted by atomic mass is 9.86. The van der Waals surface area contributed by atoms with E-state index >= 15 is 0 Å². The van der Waals surface area contributed by atoms with Crippen molar-refractivity contribution in [3.8, 4) is 0 Å². The Hall–Kier alpha value is -1.01. The van der Waals surface area contributed by atoms with Crippen LogP contribution in [0.1, 0.15) is 46.7 Å². The maximum Gasteiger partial charge on any atom is 0.0959 e. The van der Waals surface area contributed by atoms with E-state index in [1.807, 2.05) is 23.7 Å². The van der Waals surface area contributed by atoms with Crippen LogP contribution in [0.15, 0.2) is 30.7 Å². The summed E-state index contributed by atoms with van der Waals surface area (Å²) >= 11 is 1.92. The number of thiazole rings is 1. The normalized spacial score (nSPS) is 22.3. The Morgan fingerprint density at radius 2 is 2.09 bits per heavy atom. The second-order valence-electron chi connectivity index (χ2n) is 6.26. The molecule has 2 aromatic rings. The highest BCUT2D eigenvalue weighted by Crippen LogP contribution is 2.38. The summed E-state index contributed by atoms with van der Waals surface area (Å²) in [5.41, 5.74) is 1.35. The summed E-state index contributed by atoms with van der Waals surface area (Å²) in [7, 11) is 0. The maximum absolute atomic E-state index is 4.67. The first-order valence-corrected chi connectivity index (χ1v) is 9.01. The molecule has 1 aliphatic heterocycles. The van der Waals surface area contributed by atoms with E-state index in [1.54, 1.807) is 0 Å². The zero-order valence-corrected chi connectivity index (χ0v) is 14.8. The van der Waals surface area contributed by atoms with Crippen LogP contribution in [0.5, 0.6) is 0 Å². The van der Waals surface area contributed by atoms with Crippen LogP contribution in [0.3, 0.4) is 0 Å². The van der Waals surface area contributed by atoms with Gasteiger partial charge in [-0.25, -0.2) is 4.98 Å². The summed E-state index contributed by atoms with van der Waals surface area (Å²) < 4.78 is 0. The molecule has 0 amide bonds. The van der Waals surface area contributed by atoms with E-state index in [9.17, 15) is 0 Å². The molecule has 23 heavy (non-hydrogen) atoms. The predicted octanol–water partition coefficient (Wildman–Crippen LogP) is 3.37. The van der Waals surface area contributed by atoms with Gasteiger partial charge in [-0.05, 0) is 30.5 Å². The number of nitrogens with zero attached hydrogens (tertiary/aromatic N) is 3. The molecule has 1 N–H and O–H groups in total. The van der Waals surface area contributed by atoms with E-state index in [0.29, 0.717) is 6.04 Å². The number of hydrogen-bond donors (Lipinski definition) is 1. The van der Waals surface area contributed by atoms with Crippen LogP contribution >= 0.6 is 23.7 Å². The smallest absolute Gasteiger partial charge is 0.0959 e. The van der Waals surface area contributed by atoms with Gasteiger partial charge in [0, 0.05) is 61.6 Å². The molecule has 1 aliphatic carbocycles. The van der Waals surface area contributed by atoms with Crippen molar-refractivity contribution in [2.75, 3.05) is 19.6 Å². The number of aromatic nitrogens is 2. The van der Waals surface area contributed by atoms with Crippen molar-refractivity contribution in [2.45, 2.75) is 37.8 Å². The average molecular weight is 351 g/mol. The lowest BCUT2D eigenvalue weighted by Gasteiger charge is -2.36. The van der Waals surface area contributed by atoms with Gasteiger partial charge in [0.2, 0.25) is 0 Å². The Morgan fingerprint density at radius 1 is 1.26 bits per heavy atom. The molecule has 4 rings (SSSR count). The Morgan fingerprint density at radius 3 is 2.83 bits per heavy atom. The second kappa shape index (κ2) is 7.71. The van der Waals surface area contributed by atoms with Gasteiger partial charge in [-0.15, -0.1) is 23.7 Å². The van der Waals surface area contributed by atoms with Crippen LogP contribution < -0.4 is 5.32 Å². The molecule has 4 nitrogen and oxygen atoms in total. The highest BCUT2D eigenvalue weighted by Gasteiger charge is 2.26. The molecule has 6 heteroatoms. The van der Waals surface area contributed by atoms with Gasteiger partial charge in [0.25, 0.3) is 0 Å². The maximum atomic E-state index is 4.67. The zero-order chi connectivity index (χ0) is 14.8. The summed E-state index contributed by atoms with van der Waals surface area (Å²) in [4.78, 5) is 12.8. The third kappa shape index (κ3) is 3.74. The predicted molar refractivity (Wildman–Crippen MR) is 96.2 cm³/mol. The third-order valence-electron chi connectivity index (χ3n) is 4.83. The molecule has 0 bridgehead atoms. The summed E-state index contributed by atoms with van der Waals surface area (Å²) in [6.07, 6.45) is 9.93. The van der Waals surface area contributed by atoms with Crippen molar-refractivity contribution in [2.24, 2.45) is 0 Å². The monoisotopic (exact) mass is 350 g/mol. The minimum atomic E-state index is 0. The molecule has 2 fully saturated rings. The van der Waals surface area contributed by atoms with Crippen molar-refractivity contribution in [3.63, 3.8) is 0 Å². The SMILES string of the molecule is Cl.c1cc(C2CNCCN2Cc2cnc(C3CCC3)s2)ccn1.